The van der Waals surface area contributed by atoms with Crippen LogP contribution in [-0.4, -0.2) is 4.98 Å². The Balaban J connectivity index is 2.13. The summed E-state index contributed by atoms with van der Waals surface area (Å²) in [6, 6.07) is 16.1. The molecule has 0 radical (unpaired) electrons. The van der Waals surface area contributed by atoms with E-state index in [9.17, 15) is 0 Å². The third kappa shape index (κ3) is 2.18. The minimum Gasteiger partial charge on any atom is -0.397 e. The van der Waals surface area contributed by atoms with Crippen molar-refractivity contribution in [3.05, 3.63) is 59.8 Å². The average molecular weight is 263 g/mol. The Hall–Kier alpha value is -2.55. The topological polar surface area (TPSA) is 50.9 Å². The van der Waals surface area contributed by atoms with Crippen LogP contribution < -0.4 is 11.1 Å². The largest absolute Gasteiger partial charge is 0.397 e. The van der Waals surface area contributed by atoms with Crippen LogP contribution in [0, 0.1) is 13.8 Å². The second-order valence-corrected chi connectivity index (χ2v) is 4.99. The van der Waals surface area contributed by atoms with Gasteiger partial charge in [0.05, 0.1) is 22.6 Å². The maximum Gasteiger partial charge on any atom is 0.0939 e. The Bertz CT molecular complexity index is 758. The molecule has 1 aromatic heterocycles. The zero-order chi connectivity index (χ0) is 14.1. The number of aromatic nitrogens is 1. The monoisotopic (exact) mass is 263 g/mol. The highest BCUT2D eigenvalue weighted by molar-refractivity contribution is 5.93. The number of aryl methyl sites for hydroxylation is 2. The molecule has 0 aliphatic carbocycles. The third-order valence-electron chi connectivity index (χ3n) is 3.42. The van der Waals surface area contributed by atoms with Crippen molar-refractivity contribution in [3.63, 3.8) is 0 Å². The molecule has 0 aliphatic rings. The van der Waals surface area contributed by atoms with Gasteiger partial charge in [-0.15, -0.1) is 0 Å². The number of pyridine rings is 1. The van der Waals surface area contributed by atoms with Gasteiger partial charge in [0, 0.05) is 11.1 Å². The van der Waals surface area contributed by atoms with Crippen LogP contribution in [0.4, 0.5) is 17.1 Å². The van der Waals surface area contributed by atoms with Gasteiger partial charge < -0.3 is 11.1 Å². The Morgan fingerprint density at radius 1 is 0.950 bits per heavy atom. The minimum atomic E-state index is 0.745. The Kier molecular flexibility index (Phi) is 3.03. The molecule has 3 rings (SSSR count). The van der Waals surface area contributed by atoms with Crippen molar-refractivity contribution in [2.45, 2.75) is 13.8 Å². The number of anilines is 3. The fourth-order valence-electron chi connectivity index (χ4n) is 2.34. The first-order valence-corrected chi connectivity index (χ1v) is 6.63. The summed E-state index contributed by atoms with van der Waals surface area (Å²) in [6.07, 6.45) is 0. The number of benzene rings is 2. The molecule has 1 heterocycles. The molecule has 2 aromatic carbocycles. The van der Waals surface area contributed by atoms with E-state index in [-0.39, 0.29) is 0 Å². The van der Waals surface area contributed by atoms with Gasteiger partial charge in [-0.25, -0.2) is 0 Å². The minimum absolute atomic E-state index is 0.745. The zero-order valence-electron chi connectivity index (χ0n) is 11.6. The Labute approximate surface area is 118 Å². The first-order valence-electron chi connectivity index (χ1n) is 6.63. The van der Waals surface area contributed by atoms with Gasteiger partial charge in [-0.1, -0.05) is 30.3 Å². The Morgan fingerprint density at radius 3 is 2.55 bits per heavy atom. The van der Waals surface area contributed by atoms with E-state index < -0.39 is 0 Å². The van der Waals surface area contributed by atoms with Crippen molar-refractivity contribution in [1.82, 2.24) is 4.98 Å². The van der Waals surface area contributed by atoms with Gasteiger partial charge in [-0.05, 0) is 37.6 Å². The number of rotatable bonds is 2. The molecule has 100 valence electrons. The van der Waals surface area contributed by atoms with Gasteiger partial charge in [0.2, 0.25) is 0 Å². The normalized spacial score (nSPS) is 10.7. The number of hydrogen-bond donors (Lipinski definition) is 2. The van der Waals surface area contributed by atoms with E-state index in [1.54, 1.807) is 0 Å². The predicted molar refractivity (Wildman–Crippen MR) is 85.4 cm³/mol. The molecule has 0 unspecified atom stereocenters. The molecule has 3 heteroatoms. The van der Waals surface area contributed by atoms with Crippen LogP contribution in [0.25, 0.3) is 10.9 Å². The van der Waals surface area contributed by atoms with Crippen LogP contribution in [0.3, 0.4) is 0 Å². The van der Waals surface area contributed by atoms with Crippen LogP contribution in [-0.2, 0) is 0 Å². The van der Waals surface area contributed by atoms with Crippen molar-refractivity contribution in [2.24, 2.45) is 0 Å². The number of fused-ring (bicyclic) bond motifs is 1. The summed E-state index contributed by atoms with van der Waals surface area (Å²) in [5.41, 5.74) is 11.8. The third-order valence-corrected chi connectivity index (χ3v) is 3.42. The molecule has 0 spiro atoms. The molecule has 0 aliphatic heterocycles. The van der Waals surface area contributed by atoms with Crippen molar-refractivity contribution >= 4 is 28.0 Å². The van der Waals surface area contributed by atoms with E-state index in [0.29, 0.717) is 0 Å². The lowest BCUT2D eigenvalue weighted by molar-refractivity contribution is 1.25. The molecular weight excluding hydrogens is 246 g/mol. The van der Waals surface area contributed by atoms with Crippen LogP contribution >= 0.6 is 0 Å². The van der Waals surface area contributed by atoms with E-state index in [4.69, 9.17) is 5.73 Å². The highest BCUT2D eigenvalue weighted by Gasteiger charge is 2.07. The molecule has 3 N–H and O–H groups in total. The maximum absolute atomic E-state index is 6.06. The van der Waals surface area contributed by atoms with Gasteiger partial charge in [0.1, 0.15) is 0 Å². The SMILES string of the molecule is Cc1ccc2cccc(Nc3c(C)cccc3N)c2n1. The molecular formula is C17H17N3. The first-order chi connectivity index (χ1) is 9.65. The number of nitrogens with two attached hydrogens (primary N) is 1. The zero-order valence-corrected chi connectivity index (χ0v) is 11.6. The highest BCUT2D eigenvalue weighted by atomic mass is 14.9. The van der Waals surface area contributed by atoms with Crippen LogP contribution in [0.1, 0.15) is 11.3 Å². The van der Waals surface area contributed by atoms with Crippen LogP contribution in [0.5, 0.6) is 0 Å². The summed E-state index contributed by atoms with van der Waals surface area (Å²) in [5, 5.41) is 4.54. The fourth-order valence-corrected chi connectivity index (χ4v) is 2.34. The smallest absolute Gasteiger partial charge is 0.0939 e. The van der Waals surface area contributed by atoms with Gasteiger partial charge in [0.15, 0.2) is 0 Å². The lowest BCUT2D eigenvalue weighted by Crippen LogP contribution is -2.00. The van der Waals surface area contributed by atoms with Crippen LogP contribution in [0.15, 0.2) is 48.5 Å². The van der Waals surface area contributed by atoms with Gasteiger partial charge in [-0.3, -0.25) is 4.98 Å². The lowest BCUT2D eigenvalue weighted by atomic mass is 10.1. The van der Waals surface area contributed by atoms with E-state index >= 15 is 0 Å². The van der Waals surface area contributed by atoms with Crippen molar-refractivity contribution in [3.8, 4) is 0 Å². The van der Waals surface area contributed by atoms with Crippen molar-refractivity contribution in [2.75, 3.05) is 11.1 Å². The quantitative estimate of drug-likeness (QED) is 0.682. The fraction of sp³-hybridized carbons (Fsp3) is 0.118. The number of nitrogens with zero attached hydrogens (tertiary/aromatic N) is 1. The van der Waals surface area contributed by atoms with Gasteiger partial charge in [0.25, 0.3) is 0 Å². The molecule has 0 saturated heterocycles. The maximum atomic E-state index is 6.06. The summed E-state index contributed by atoms with van der Waals surface area (Å²) in [6.45, 7) is 4.04. The van der Waals surface area contributed by atoms with E-state index in [1.807, 2.05) is 50.2 Å². The van der Waals surface area contributed by atoms with Gasteiger partial charge >= 0.3 is 0 Å². The summed E-state index contributed by atoms with van der Waals surface area (Å²) < 4.78 is 0. The summed E-state index contributed by atoms with van der Waals surface area (Å²) in [4.78, 5) is 4.63. The molecule has 0 atom stereocenters. The van der Waals surface area contributed by atoms with E-state index in [2.05, 4.69) is 22.4 Å². The lowest BCUT2D eigenvalue weighted by Gasteiger charge is -2.14. The molecule has 3 nitrogen and oxygen atoms in total. The Morgan fingerprint density at radius 2 is 1.75 bits per heavy atom. The standard InChI is InChI=1S/C17H17N3/c1-11-5-3-7-14(18)16(11)20-15-8-4-6-13-10-9-12(2)19-17(13)15/h3-10,20H,18H2,1-2H3. The molecule has 20 heavy (non-hydrogen) atoms. The molecule has 3 aromatic rings. The first kappa shape index (κ1) is 12.5. The van der Waals surface area contributed by atoms with Crippen molar-refractivity contribution < 1.29 is 0 Å². The van der Waals surface area contributed by atoms with E-state index in [0.717, 1.165) is 39.2 Å². The van der Waals surface area contributed by atoms with Crippen molar-refractivity contribution in [1.29, 1.82) is 0 Å². The second-order valence-electron chi connectivity index (χ2n) is 4.99. The number of para-hydroxylation sites is 2. The molecule has 0 bridgehead atoms. The predicted octanol–water partition coefficient (Wildman–Crippen LogP) is 4.18. The highest BCUT2D eigenvalue weighted by Crippen LogP contribution is 2.30. The summed E-state index contributed by atoms with van der Waals surface area (Å²) >= 11 is 0. The van der Waals surface area contributed by atoms with E-state index in [1.165, 1.54) is 0 Å². The molecule has 0 saturated carbocycles. The average Bonchev–Trinajstić information content (AvgIpc) is 2.43. The summed E-state index contributed by atoms with van der Waals surface area (Å²) in [5.74, 6) is 0. The number of hydrogen-bond acceptors (Lipinski definition) is 3. The second kappa shape index (κ2) is 4.85. The number of nitrogen functional groups attached to an aromatic ring is 1. The molecule has 0 amide bonds. The van der Waals surface area contributed by atoms with Crippen LogP contribution in [0.2, 0.25) is 0 Å². The number of nitrogens with one attached hydrogen (secondary N) is 1. The molecule has 0 fully saturated rings. The summed E-state index contributed by atoms with van der Waals surface area (Å²) in [7, 11) is 0. The van der Waals surface area contributed by atoms with Gasteiger partial charge in [-0.2, -0.15) is 0 Å².